The molecule has 2 fully saturated rings. The van der Waals surface area contributed by atoms with Gasteiger partial charge in [-0.15, -0.1) is 11.3 Å². The Kier molecular flexibility index (Phi) is 6.31. The fourth-order valence-electron chi connectivity index (χ4n) is 4.32. The summed E-state index contributed by atoms with van der Waals surface area (Å²) in [4.78, 5) is 25.5. The summed E-state index contributed by atoms with van der Waals surface area (Å²) in [5.74, 6) is 0.722. The lowest BCUT2D eigenvalue weighted by molar-refractivity contribution is 0.0953. The van der Waals surface area contributed by atoms with Gasteiger partial charge in [-0.25, -0.2) is 9.97 Å². The molecular formula is C24H28ClN5OS. The van der Waals surface area contributed by atoms with Crippen molar-refractivity contribution in [1.29, 1.82) is 0 Å². The number of carbonyl (C=O) groups excluding carboxylic acids is 1. The molecule has 8 heteroatoms. The van der Waals surface area contributed by atoms with E-state index in [1.165, 1.54) is 0 Å². The molecule has 0 radical (unpaired) electrons. The van der Waals surface area contributed by atoms with Gasteiger partial charge in [0, 0.05) is 40.8 Å². The topological polar surface area (TPSA) is 70.2 Å². The van der Waals surface area contributed by atoms with E-state index in [0.717, 1.165) is 78.3 Å². The Labute approximate surface area is 197 Å². The standard InChI is InChI=1S/C24H28ClN5OS/c1-2-11-30(16-5-4-10-26-13-16)24-27-14-19(25)22(29-24)21-12-18-17(6-3-7-20(18)32-21)23(31)28-15-8-9-15/h3,6-7,12,14-16,26H,2,4-5,8-11,13H2,1H3,(H,28,31). The minimum atomic E-state index is -0.00385. The summed E-state index contributed by atoms with van der Waals surface area (Å²) in [6.45, 7) is 5.11. The van der Waals surface area contributed by atoms with Gasteiger partial charge in [0.15, 0.2) is 0 Å². The van der Waals surface area contributed by atoms with Crippen LogP contribution in [0.25, 0.3) is 20.7 Å². The third-order valence-corrected chi connectivity index (χ3v) is 7.50. The summed E-state index contributed by atoms with van der Waals surface area (Å²) in [5, 5.41) is 8.07. The molecule has 32 heavy (non-hydrogen) atoms. The van der Waals surface area contributed by atoms with Gasteiger partial charge in [-0.1, -0.05) is 24.6 Å². The van der Waals surface area contributed by atoms with Gasteiger partial charge in [-0.2, -0.15) is 0 Å². The molecule has 1 saturated heterocycles. The molecule has 2 N–H and O–H groups in total. The smallest absolute Gasteiger partial charge is 0.252 e. The first kappa shape index (κ1) is 21.6. The second-order valence-corrected chi connectivity index (χ2v) is 10.1. The van der Waals surface area contributed by atoms with E-state index in [1.807, 2.05) is 24.3 Å². The highest BCUT2D eigenvalue weighted by Crippen LogP contribution is 2.38. The second kappa shape index (κ2) is 9.33. The average Bonchev–Trinajstić information content (AvgIpc) is 3.52. The van der Waals surface area contributed by atoms with Crippen LogP contribution >= 0.6 is 22.9 Å². The molecule has 1 unspecified atom stereocenters. The SMILES string of the molecule is CCCN(c1ncc(Cl)c(-c2cc3c(C(=O)NC4CC4)cccc3s2)n1)C1CCCNC1. The number of nitrogens with one attached hydrogen (secondary N) is 2. The fourth-order valence-corrected chi connectivity index (χ4v) is 5.66. The molecule has 2 aliphatic rings. The van der Waals surface area contributed by atoms with E-state index in [-0.39, 0.29) is 5.91 Å². The lowest BCUT2D eigenvalue weighted by atomic mass is 10.1. The van der Waals surface area contributed by atoms with Crippen LogP contribution in [0.1, 0.15) is 49.4 Å². The summed E-state index contributed by atoms with van der Waals surface area (Å²) in [7, 11) is 0. The fraction of sp³-hybridized carbons (Fsp3) is 0.458. The number of amides is 1. The predicted molar refractivity (Wildman–Crippen MR) is 132 cm³/mol. The minimum absolute atomic E-state index is 0.00385. The maximum atomic E-state index is 12.7. The maximum Gasteiger partial charge on any atom is 0.252 e. The molecule has 1 saturated carbocycles. The van der Waals surface area contributed by atoms with Crippen LogP contribution in [-0.4, -0.2) is 47.6 Å². The van der Waals surface area contributed by atoms with E-state index in [1.54, 1.807) is 17.5 Å². The zero-order valence-corrected chi connectivity index (χ0v) is 19.8. The molecule has 0 spiro atoms. The molecular weight excluding hydrogens is 442 g/mol. The molecule has 1 atom stereocenters. The number of fused-ring (bicyclic) bond motifs is 1. The molecule has 6 nitrogen and oxygen atoms in total. The molecule has 1 aliphatic heterocycles. The first-order valence-electron chi connectivity index (χ1n) is 11.5. The van der Waals surface area contributed by atoms with Crippen molar-refractivity contribution in [3.8, 4) is 10.6 Å². The molecule has 1 aliphatic carbocycles. The molecule has 3 aromatic rings. The third kappa shape index (κ3) is 4.47. The van der Waals surface area contributed by atoms with Crippen molar-refractivity contribution in [3.05, 3.63) is 41.0 Å². The highest BCUT2D eigenvalue weighted by molar-refractivity contribution is 7.22. The average molecular weight is 470 g/mol. The van der Waals surface area contributed by atoms with Gasteiger partial charge in [-0.05, 0) is 56.8 Å². The van der Waals surface area contributed by atoms with Crippen molar-refractivity contribution in [3.63, 3.8) is 0 Å². The Morgan fingerprint density at radius 1 is 1.34 bits per heavy atom. The highest BCUT2D eigenvalue weighted by atomic mass is 35.5. The Morgan fingerprint density at radius 3 is 2.97 bits per heavy atom. The molecule has 3 heterocycles. The van der Waals surface area contributed by atoms with Crippen molar-refractivity contribution in [2.45, 2.75) is 51.1 Å². The number of anilines is 1. The molecule has 1 amide bonds. The van der Waals surface area contributed by atoms with Crippen LogP contribution in [0.4, 0.5) is 5.95 Å². The Hall–Kier alpha value is -2.22. The number of halogens is 1. The number of piperidine rings is 1. The van der Waals surface area contributed by atoms with E-state index in [0.29, 0.717) is 22.7 Å². The second-order valence-electron chi connectivity index (χ2n) is 8.64. The van der Waals surface area contributed by atoms with Crippen LogP contribution in [0.15, 0.2) is 30.5 Å². The van der Waals surface area contributed by atoms with E-state index in [2.05, 4.69) is 27.4 Å². The number of aromatic nitrogens is 2. The van der Waals surface area contributed by atoms with Gasteiger partial charge < -0.3 is 15.5 Å². The van der Waals surface area contributed by atoms with Gasteiger partial charge in [0.1, 0.15) is 5.69 Å². The van der Waals surface area contributed by atoms with E-state index >= 15 is 0 Å². The number of rotatable bonds is 7. The van der Waals surface area contributed by atoms with Gasteiger partial charge in [0.2, 0.25) is 5.95 Å². The van der Waals surface area contributed by atoms with Crippen LogP contribution in [0.2, 0.25) is 5.02 Å². The zero-order valence-electron chi connectivity index (χ0n) is 18.2. The number of nitrogens with zero attached hydrogens (tertiary/aromatic N) is 3. The summed E-state index contributed by atoms with van der Waals surface area (Å²) >= 11 is 8.19. The number of thiophene rings is 1. The number of benzene rings is 1. The maximum absolute atomic E-state index is 12.7. The van der Waals surface area contributed by atoms with Gasteiger partial charge in [-0.3, -0.25) is 4.79 Å². The predicted octanol–water partition coefficient (Wildman–Crippen LogP) is 4.87. The van der Waals surface area contributed by atoms with Crippen LogP contribution in [-0.2, 0) is 0 Å². The summed E-state index contributed by atoms with van der Waals surface area (Å²) in [6, 6.07) is 8.64. The van der Waals surface area contributed by atoms with Crippen LogP contribution in [0.3, 0.4) is 0 Å². The number of carbonyl (C=O) groups is 1. The van der Waals surface area contributed by atoms with Crippen molar-refractivity contribution in [2.24, 2.45) is 0 Å². The van der Waals surface area contributed by atoms with Crippen LogP contribution in [0, 0.1) is 0 Å². The lowest BCUT2D eigenvalue weighted by Crippen LogP contribution is -2.47. The van der Waals surface area contributed by atoms with Crippen molar-refractivity contribution in [1.82, 2.24) is 20.6 Å². The van der Waals surface area contributed by atoms with Crippen LogP contribution in [0.5, 0.6) is 0 Å². The van der Waals surface area contributed by atoms with Crippen molar-refractivity contribution >= 4 is 44.9 Å². The molecule has 0 bridgehead atoms. The molecule has 1 aromatic carbocycles. The Bertz CT molecular complexity index is 1120. The van der Waals surface area contributed by atoms with Crippen molar-refractivity contribution < 1.29 is 4.79 Å². The largest absolute Gasteiger partial charge is 0.349 e. The summed E-state index contributed by atoms with van der Waals surface area (Å²) < 4.78 is 1.06. The summed E-state index contributed by atoms with van der Waals surface area (Å²) in [6.07, 6.45) is 7.18. The third-order valence-electron chi connectivity index (χ3n) is 6.12. The van der Waals surface area contributed by atoms with E-state index in [9.17, 15) is 4.79 Å². The van der Waals surface area contributed by atoms with Crippen LogP contribution < -0.4 is 15.5 Å². The number of hydrogen-bond acceptors (Lipinski definition) is 6. The molecule has 2 aromatic heterocycles. The number of hydrogen-bond donors (Lipinski definition) is 2. The van der Waals surface area contributed by atoms with Gasteiger partial charge >= 0.3 is 0 Å². The Balaban J connectivity index is 1.50. The van der Waals surface area contributed by atoms with E-state index in [4.69, 9.17) is 16.6 Å². The summed E-state index contributed by atoms with van der Waals surface area (Å²) in [5.41, 5.74) is 1.44. The van der Waals surface area contributed by atoms with Gasteiger partial charge in [0.05, 0.1) is 16.1 Å². The normalized spacial score (nSPS) is 18.6. The quantitative estimate of drug-likeness (QED) is 0.516. The van der Waals surface area contributed by atoms with Gasteiger partial charge in [0.25, 0.3) is 5.91 Å². The zero-order chi connectivity index (χ0) is 22.1. The monoisotopic (exact) mass is 469 g/mol. The van der Waals surface area contributed by atoms with E-state index < -0.39 is 0 Å². The molecule has 5 rings (SSSR count). The highest BCUT2D eigenvalue weighted by Gasteiger charge is 2.26. The molecule has 168 valence electrons. The first-order valence-corrected chi connectivity index (χ1v) is 12.7. The van der Waals surface area contributed by atoms with Crippen molar-refractivity contribution in [2.75, 3.05) is 24.5 Å². The minimum Gasteiger partial charge on any atom is -0.349 e. The first-order chi connectivity index (χ1) is 15.6. The Morgan fingerprint density at radius 2 is 2.22 bits per heavy atom. The lowest BCUT2D eigenvalue weighted by Gasteiger charge is -2.34.